The highest BCUT2D eigenvalue weighted by Gasteiger charge is 2.18. The molecular formula is C11H21N5O. The molecule has 1 amide bonds. The second kappa shape index (κ2) is 5.67. The zero-order valence-electron chi connectivity index (χ0n) is 10.9. The fourth-order valence-corrected chi connectivity index (χ4v) is 1.71. The lowest BCUT2D eigenvalue weighted by Gasteiger charge is -2.17. The van der Waals surface area contributed by atoms with Gasteiger partial charge in [-0.3, -0.25) is 9.89 Å². The first-order chi connectivity index (χ1) is 7.95. The third-order valence-electron chi connectivity index (χ3n) is 2.47. The number of amides is 1. The van der Waals surface area contributed by atoms with Crippen LogP contribution in [0.1, 0.15) is 30.0 Å². The van der Waals surface area contributed by atoms with Crippen molar-refractivity contribution in [2.24, 2.45) is 0 Å². The van der Waals surface area contributed by atoms with Gasteiger partial charge >= 0.3 is 0 Å². The van der Waals surface area contributed by atoms with Gasteiger partial charge in [0, 0.05) is 12.6 Å². The summed E-state index contributed by atoms with van der Waals surface area (Å²) in [6.07, 6.45) is 0.735. The van der Waals surface area contributed by atoms with Crippen LogP contribution in [0.5, 0.6) is 0 Å². The van der Waals surface area contributed by atoms with Gasteiger partial charge in [-0.15, -0.1) is 0 Å². The summed E-state index contributed by atoms with van der Waals surface area (Å²) in [6.45, 7) is 4.68. The van der Waals surface area contributed by atoms with Gasteiger partial charge in [-0.25, -0.2) is 0 Å². The van der Waals surface area contributed by atoms with Crippen molar-refractivity contribution >= 4 is 11.6 Å². The van der Waals surface area contributed by atoms with Crippen LogP contribution in [-0.2, 0) is 6.42 Å². The molecule has 1 heterocycles. The number of H-pyrrole nitrogens is 1. The Balaban J connectivity index is 2.66. The highest BCUT2D eigenvalue weighted by Crippen LogP contribution is 2.14. The van der Waals surface area contributed by atoms with E-state index < -0.39 is 0 Å². The molecule has 1 unspecified atom stereocenters. The number of aromatic amines is 1. The lowest BCUT2D eigenvalue weighted by molar-refractivity contribution is 0.0930. The number of hydrogen-bond donors (Lipinski definition) is 3. The SMILES string of the molecule is CCc1[nH]nc(C(=O)NC(C)CN(C)C)c1N. The summed E-state index contributed by atoms with van der Waals surface area (Å²) in [7, 11) is 3.92. The fraction of sp³-hybridized carbons (Fsp3) is 0.636. The summed E-state index contributed by atoms with van der Waals surface area (Å²) in [5, 5.41) is 9.58. The Bertz CT molecular complexity index is 385. The van der Waals surface area contributed by atoms with Gasteiger partial charge in [-0.2, -0.15) is 5.10 Å². The van der Waals surface area contributed by atoms with Crippen molar-refractivity contribution in [2.75, 3.05) is 26.4 Å². The maximum Gasteiger partial charge on any atom is 0.274 e. The van der Waals surface area contributed by atoms with Crippen LogP contribution in [0.3, 0.4) is 0 Å². The van der Waals surface area contributed by atoms with E-state index in [1.807, 2.05) is 32.8 Å². The zero-order chi connectivity index (χ0) is 13.0. The lowest BCUT2D eigenvalue weighted by Crippen LogP contribution is -2.39. The number of likely N-dealkylation sites (N-methyl/N-ethyl adjacent to an activating group) is 1. The van der Waals surface area contributed by atoms with Crippen LogP contribution < -0.4 is 11.1 Å². The molecule has 1 atom stereocenters. The van der Waals surface area contributed by atoms with Crippen LogP contribution in [0.25, 0.3) is 0 Å². The molecule has 1 aromatic rings. The summed E-state index contributed by atoms with van der Waals surface area (Å²) in [6, 6.07) is 0.0543. The van der Waals surface area contributed by atoms with Crippen LogP contribution in [0.2, 0.25) is 0 Å². The molecular weight excluding hydrogens is 218 g/mol. The van der Waals surface area contributed by atoms with Gasteiger partial charge in [0.25, 0.3) is 5.91 Å². The molecule has 0 aromatic carbocycles. The molecule has 0 aliphatic carbocycles. The number of aryl methyl sites for hydroxylation is 1. The number of nitrogen functional groups attached to an aromatic ring is 1. The van der Waals surface area contributed by atoms with E-state index in [1.54, 1.807) is 0 Å². The number of nitrogens with one attached hydrogen (secondary N) is 2. The molecule has 0 aliphatic rings. The van der Waals surface area contributed by atoms with E-state index >= 15 is 0 Å². The van der Waals surface area contributed by atoms with Gasteiger partial charge in [-0.05, 0) is 27.4 Å². The summed E-state index contributed by atoms with van der Waals surface area (Å²) in [5.74, 6) is -0.229. The van der Waals surface area contributed by atoms with Crippen molar-refractivity contribution < 1.29 is 4.79 Å². The number of aromatic nitrogens is 2. The Hall–Kier alpha value is -1.56. The van der Waals surface area contributed by atoms with E-state index in [4.69, 9.17) is 5.73 Å². The van der Waals surface area contributed by atoms with E-state index in [0.717, 1.165) is 18.7 Å². The number of carbonyl (C=O) groups is 1. The van der Waals surface area contributed by atoms with Crippen molar-refractivity contribution in [1.29, 1.82) is 0 Å². The first kappa shape index (κ1) is 13.5. The summed E-state index contributed by atoms with van der Waals surface area (Å²) in [5.41, 5.74) is 7.36. The maximum atomic E-state index is 11.9. The Morgan fingerprint density at radius 1 is 1.59 bits per heavy atom. The van der Waals surface area contributed by atoms with E-state index in [-0.39, 0.29) is 17.6 Å². The smallest absolute Gasteiger partial charge is 0.274 e. The lowest BCUT2D eigenvalue weighted by atomic mass is 10.2. The fourth-order valence-electron chi connectivity index (χ4n) is 1.71. The van der Waals surface area contributed by atoms with Crippen molar-refractivity contribution in [3.8, 4) is 0 Å². The van der Waals surface area contributed by atoms with Crippen molar-refractivity contribution in [3.63, 3.8) is 0 Å². The predicted molar refractivity (Wildman–Crippen MR) is 67.9 cm³/mol. The first-order valence-corrected chi connectivity index (χ1v) is 5.74. The van der Waals surface area contributed by atoms with Gasteiger partial charge in [0.2, 0.25) is 0 Å². The van der Waals surface area contributed by atoms with Crippen LogP contribution in [0, 0.1) is 0 Å². The number of anilines is 1. The molecule has 17 heavy (non-hydrogen) atoms. The maximum absolute atomic E-state index is 11.9. The van der Waals surface area contributed by atoms with E-state index in [1.165, 1.54) is 0 Å². The van der Waals surface area contributed by atoms with Crippen molar-refractivity contribution in [1.82, 2.24) is 20.4 Å². The van der Waals surface area contributed by atoms with Crippen LogP contribution >= 0.6 is 0 Å². The highest BCUT2D eigenvalue weighted by molar-refractivity contribution is 5.97. The molecule has 0 saturated heterocycles. The standard InChI is InChI=1S/C11H21N5O/c1-5-8-9(12)10(15-14-8)11(17)13-7(2)6-16(3)4/h7H,5-6,12H2,1-4H3,(H,13,17)(H,14,15). The van der Waals surface area contributed by atoms with Gasteiger partial charge in [0.1, 0.15) is 0 Å². The molecule has 0 bridgehead atoms. The van der Waals surface area contributed by atoms with Crippen molar-refractivity contribution in [3.05, 3.63) is 11.4 Å². The zero-order valence-corrected chi connectivity index (χ0v) is 10.9. The summed E-state index contributed by atoms with van der Waals surface area (Å²) >= 11 is 0. The van der Waals surface area contributed by atoms with Gasteiger partial charge < -0.3 is 16.0 Å². The molecule has 6 nitrogen and oxygen atoms in total. The molecule has 96 valence electrons. The summed E-state index contributed by atoms with van der Waals surface area (Å²) < 4.78 is 0. The van der Waals surface area contributed by atoms with Gasteiger partial charge in [-0.1, -0.05) is 6.92 Å². The molecule has 0 spiro atoms. The number of hydrogen-bond acceptors (Lipinski definition) is 4. The number of nitrogens with two attached hydrogens (primary N) is 1. The average molecular weight is 239 g/mol. The van der Waals surface area contributed by atoms with E-state index in [0.29, 0.717) is 5.69 Å². The minimum absolute atomic E-state index is 0.0543. The van der Waals surface area contributed by atoms with E-state index in [2.05, 4.69) is 15.5 Å². The third kappa shape index (κ3) is 3.45. The van der Waals surface area contributed by atoms with Crippen LogP contribution in [0.15, 0.2) is 0 Å². The minimum Gasteiger partial charge on any atom is -0.395 e. The summed E-state index contributed by atoms with van der Waals surface area (Å²) in [4.78, 5) is 13.9. The molecule has 6 heteroatoms. The number of rotatable bonds is 5. The molecule has 0 aliphatic heterocycles. The molecule has 1 aromatic heterocycles. The Morgan fingerprint density at radius 3 is 2.71 bits per heavy atom. The molecule has 0 radical (unpaired) electrons. The Labute approximate surface area is 102 Å². The predicted octanol–water partition coefficient (Wildman–Crippen LogP) is 0.234. The second-order valence-corrected chi connectivity index (χ2v) is 4.45. The largest absolute Gasteiger partial charge is 0.395 e. The first-order valence-electron chi connectivity index (χ1n) is 5.74. The normalized spacial score (nSPS) is 12.8. The Morgan fingerprint density at radius 2 is 2.24 bits per heavy atom. The van der Waals surface area contributed by atoms with E-state index in [9.17, 15) is 4.79 Å². The van der Waals surface area contributed by atoms with Gasteiger partial charge in [0.05, 0.1) is 11.4 Å². The van der Waals surface area contributed by atoms with Crippen LogP contribution in [-0.4, -0.2) is 47.7 Å². The monoisotopic (exact) mass is 239 g/mol. The average Bonchev–Trinajstić information content (AvgIpc) is 2.57. The second-order valence-electron chi connectivity index (χ2n) is 4.45. The van der Waals surface area contributed by atoms with Crippen molar-refractivity contribution in [2.45, 2.75) is 26.3 Å². The van der Waals surface area contributed by atoms with Gasteiger partial charge in [0.15, 0.2) is 5.69 Å². The highest BCUT2D eigenvalue weighted by atomic mass is 16.2. The van der Waals surface area contributed by atoms with Crippen LogP contribution in [0.4, 0.5) is 5.69 Å². The molecule has 0 saturated carbocycles. The topological polar surface area (TPSA) is 87.0 Å². The Kier molecular flexibility index (Phi) is 4.51. The number of carbonyl (C=O) groups excluding carboxylic acids is 1. The molecule has 0 fully saturated rings. The quantitative estimate of drug-likeness (QED) is 0.686. The third-order valence-corrected chi connectivity index (χ3v) is 2.47. The minimum atomic E-state index is -0.229. The molecule has 4 N–H and O–H groups in total. The molecule has 1 rings (SSSR count). The number of nitrogens with zero attached hydrogens (tertiary/aromatic N) is 2.